The van der Waals surface area contributed by atoms with Crippen LogP contribution in [0.15, 0.2) is 23.8 Å². The predicted octanol–water partition coefficient (Wildman–Crippen LogP) is 2.39. The standard InChI is InChI=1S/C25H42BN3O5/c1-24(2)25(3,4)34-26(33-24)21(13-9-12-19-10-7-6-8-11-19)28-23(31)20(27-5)18-22(30)29-14-16-32-17-15-29/h7,10-11,20-21,27H,6,8-9,12-18H2,1-5H3,(H,28,31). The molecule has 3 rings (SSSR count). The second-order valence-electron chi connectivity index (χ2n) is 10.4. The second kappa shape index (κ2) is 11.8. The van der Waals surface area contributed by atoms with Crippen molar-refractivity contribution in [1.29, 1.82) is 0 Å². The van der Waals surface area contributed by atoms with Crippen LogP contribution in [0.25, 0.3) is 0 Å². The van der Waals surface area contributed by atoms with Crippen molar-refractivity contribution in [3.63, 3.8) is 0 Å². The van der Waals surface area contributed by atoms with Gasteiger partial charge in [0.2, 0.25) is 11.8 Å². The Kier molecular flexibility index (Phi) is 9.38. The maximum absolute atomic E-state index is 13.2. The van der Waals surface area contributed by atoms with Crippen molar-refractivity contribution in [3.8, 4) is 0 Å². The number of hydrogen-bond donors (Lipinski definition) is 2. The van der Waals surface area contributed by atoms with Gasteiger partial charge in [-0.3, -0.25) is 9.59 Å². The van der Waals surface area contributed by atoms with Crippen LogP contribution in [-0.2, 0) is 23.6 Å². The Bertz CT molecular complexity index is 761. The molecule has 9 heteroatoms. The lowest BCUT2D eigenvalue weighted by Crippen LogP contribution is -2.54. The summed E-state index contributed by atoms with van der Waals surface area (Å²) in [6, 6.07) is -0.621. The van der Waals surface area contributed by atoms with E-state index < -0.39 is 24.4 Å². The van der Waals surface area contributed by atoms with Gasteiger partial charge in [0, 0.05) is 13.1 Å². The van der Waals surface area contributed by atoms with Gasteiger partial charge < -0.3 is 29.6 Å². The second-order valence-corrected chi connectivity index (χ2v) is 10.4. The van der Waals surface area contributed by atoms with E-state index in [1.54, 1.807) is 11.9 Å². The first-order valence-electron chi connectivity index (χ1n) is 12.7. The van der Waals surface area contributed by atoms with Crippen LogP contribution in [-0.4, -0.2) is 80.4 Å². The third-order valence-corrected chi connectivity index (χ3v) is 7.39. The molecule has 2 saturated heterocycles. The monoisotopic (exact) mass is 475 g/mol. The highest BCUT2D eigenvalue weighted by atomic mass is 16.7. The number of nitrogens with one attached hydrogen (secondary N) is 2. The molecule has 0 radical (unpaired) electrons. The first-order valence-corrected chi connectivity index (χ1v) is 12.7. The fourth-order valence-electron chi connectivity index (χ4n) is 4.43. The number of morpholine rings is 1. The number of rotatable bonds is 10. The number of likely N-dealkylation sites (N-methyl/N-ethyl adjacent to an activating group) is 1. The normalized spacial score (nSPS) is 23.4. The summed E-state index contributed by atoms with van der Waals surface area (Å²) in [5.41, 5.74) is 0.378. The SMILES string of the molecule is CNC(CC(=O)N1CCOCC1)C(=O)NC(CCCC1=CCCC=C1)B1OC(C)(C)C(C)(C)O1. The van der Waals surface area contributed by atoms with Gasteiger partial charge in [-0.05, 0) is 66.8 Å². The number of carbonyl (C=O) groups is 2. The lowest BCUT2D eigenvalue weighted by atomic mass is 9.75. The van der Waals surface area contributed by atoms with Gasteiger partial charge in [-0.25, -0.2) is 0 Å². The largest absolute Gasteiger partial charge is 0.481 e. The Morgan fingerprint density at radius 1 is 1.12 bits per heavy atom. The average Bonchev–Trinajstić information content (AvgIpc) is 3.04. The number of nitrogens with zero attached hydrogens (tertiary/aromatic N) is 1. The van der Waals surface area contributed by atoms with Crippen LogP contribution in [0.1, 0.15) is 66.2 Å². The zero-order valence-corrected chi connectivity index (χ0v) is 21.5. The van der Waals surface area contributed by atoms with Crippen LogP contribution >= 0.6 is 0 Å². The van der Waals surface area contributed by atoms with Crippen molar-refractivity contribution in [1.82, 2.24) is 15.5 Å². The Hall–Kier alpha value is -1.68. The maximum Gasteiger partial charge on any atom is 0.481 e. The Morgan fingerprint density at radius 2 is 1.79 bits per heavy atom. The molecule has 190 valence electrons. The summed E-state index contributed by atoms with van der Waals surface area (Å²) < 4.78 is 17.9. The number of hydrogen-bond acceptors (Lipinski definition) is 6. The molecule has 2 atom stereocenters. The van der Waals surface area contributed by atoms with Crippen LogP contribution in [0.3, 0.4) is 0 Å². The summed E-state index contributed by atoms with van der Waals surface area (Å²) >= 11 is 0. The molecule has 2 aliphatic heterocycles. The fraction of sp³-hybridized carbons (Fsp3) is 0.760. The van der Waals surface area contributed by atoms with Crippen LogP contribution in [0, 0.1) is 0 Å². The molecular weight excluding hydrogens is 433 g/mol. The third kappa shape index (κ3) is 6.93. The van der Waals surface area contributed by atoms with Crippen LogP contribution in [0.2, 0.25) is 0 Å². The number of amides is 2. The van der Waals surface area contributed by atoms with E-state index in [2.05, 4.69) is 28.9 Å². The van der Waals surface area contributed by atoms with E-state index in [1.165, 1.54) is 5.57 Å². The molecule has 0 aromatic heterocycles. The lowest BCUT2D eigenvalue weighted by molar-refractivity contribution is -0.138. The number of ether oxygens (including phenoxy) is 1. The molecule has 3 aliphatic rings. The Balaban J connectivity index is 1.63. The molecule has 0 aromatic rings. The Labute approximate surface area is 205 Å². The molecule has 1 aliphatic carbocycles. The Morgan fingerprint density at radius 3 is 2.38 bits per heavy atom. The minimum atomic E-state index is -0.621. The van der Waals surface area contributed by atoms with Crippen molar-refractivity contribution < 1.29 is 23.6 Å². The quantitative estimate of drug-likeness (QED) is 0.472. The van der Waals surface area contributed by atoms with Gasteiger partial charge in [0.25, 0.3) is 0 Å². The van der Waals surface area contributed by atoms with Gasteiger partial charge in [0.1, 0.15) is 0 Å². The molecule has 2 unspecified atom stereocenters. The predicted molar refractivity (Wildman–Crippen MR) is 133 cm³/mol. The van der Waals surface area contributed by atoms with Gasteiger partial charge >= 0.3 is 7.12 Å². The van der Waals surface area contributed by atoms with Gasteiger partial charge in [0.15, 0.2) is 0 Å². The topological polar surface area (TPSA) is 89.1 Å². The summed E-state index contributed by atoms with van der Waals surface area (Å²) in [4.78, 5) is 27.7. The summed E-state index contributed by atoms with van der Waals surface area (Å²) in [5, 5.41) is 6.16. The van der Waals surface area contributed by atoms with E-state index in [1.807, 2.05) is 27.7 Å². The summed E-state index contributed by atoms with van der Waals surface area (Å²) in [5.74, 6) is -0.558. The van der Waals surface area contributed by atoms with Crippen molar-refractivity contribution in [2.24, 2.45) is 0 Å². The molecule has 2 N–H and O–H groups in total. The fourth-order valence-corrected chi connectivity index (χ4v) is 4.43. The highest BCUT2D eigenvalue weighted by Gasteiger charge is 2.54. The third-order valence-electron chi connectivity index (χ3n) is 7.39. The minimum Gasteiger partial charge on any atom is -0.402 e. The minimum absolute atomic E-state index is 0.0407. The molecule has 0 saturated carbocycles. The lowest BCUT2D eigenvalue weighted by Gasteiger charge is -2.32. The van der Waals surface area contributed by atoms with E-state index in [0.717, 1.165) is 32.1 Å². The van der Waals surface area contributed by atoms with Crippen molar-refractivity contribution >= 4 is 18.9 Å². The zero-order valence-electron chi connectivity index (χ0n) is 21.5. The smallest absolute Gasteiger partial charge is 0.402 e. The van der Waals surface area contributed by atoms with E-state index in [4.69, 9.17) is 14.0 Å². The highest BCUT2D eigenvalue weighted by molar-refractivity contribution is 6.48. The summed E-state index contributed by atoms with van der Waals surface area (Å²) in [6.07, 6.45) is 11.6. The van der Waals surface area contributed by atoms with Crippen LogP contribution < -0.4 is 10.6 Å². The molecule has 0 bridgehead atoms. The average molecular weight is 475 g/mol. The van der Waals surface area contributed by atoms with Crippen molar-refractivity contribution in [2.45, 2.75) is 89.4 Å². The van der Waals surface area contributed by atoms with E-state index >= 15 is 0 Å². The van der Waals surface area contributed by atoms with Crippen molar-refractivity contribution in [2.75, 3.05) is 33.4 Å². The molecule has 8 nitrogen and oxygen atoms in total. The van der Waals surface area contributed by atoms with E-state index in [0.29, 0.717) is 26.3 Å². The van der Waals surface area contributed by atoms with Gasteiger partial charge in [0.05, 0.1) is 42.8 Å². The molecule has 2 fully saturated rings. The molecule has 0 aromatic carbocycles. The van der Waals surface area contributed by atoms with Gasteiger partial charge in [-0.1, -0.05) is 23.8 Å². The van der Waals surface area contributed by atoms with Crippen LogP contribution in [0.4, 0.5) is 0 Å². The number of allylic oxidation sites excluding steroid dienone is 4. The summed E-state index contributed by atoms with van der Waals surface area (Å²) in [6.45, 7) is 10.3. The zero-order chi connectivity index (χ0) is 24.8. The van der Waals surface area contributed by atoms with E-state index in [9.17, 15) is 9.59 Å². The molecular formula is C25H42BN3O5. The molecule has 0 spiro atoms. The first kappa shape index (κ1) is 26.9. The highest BCUT2D eigenvalue weighted by Crippen LogP contribution is 2.38. The maximum atomic E-state index is 13.2. The summed E-state index contributed by atoms with van der Waals surface area (Å²) in [7, 11) is 1.17. The number of carbonyl (C=O) groups excluding carboxylic acids is 2. The van der Waals surface area contributed by atoms with Crippen molar-refractivity contribution in [3.05, 3.63) is 23.8 Å². The van der Waals surface area contributed by atoms with E-state index in [-0.39, 0.29) is 24.2 Å². The van der Waals surface area contributed by atoms with Gasteiger partial charge in [-0.2, -0.15) is 0 Å². The van der Waals surface area contributed by atoms with Crippen LogP contribution in [0.5, 0.6) is 0 Å². The molecule has 34 heavy (non-hydrogen) atoms. The molecule has 2 heterocycles. The first-order chi connectivity index (χ1) is 16.1. The van der Waals surface area contributed by atoms with Gasteiger partial charge in [-0.15, -0.1) is 0 Å². The molecule has 2 amide bonds.